The topological polar surface area (TPSA) is 52.6 Å². The maximum atomic E-state index is 13.5. The van der Waals surface area contributed by atoms with E-state index in [0.717, 1.165) is 0 Å². The second kappa shape index (κ2) is 12.3. The summed E-state index contributed by atoms with van der Waals surface area (Å²) in [4.78, 5) is 22.2. The Balaban J connectivity index is 5.82. The number of halogens is 26. The van der Waals surface area contributed by atoms with Crippen LogP contribution in [0.1, 0.15) is 0 Å². The molecule has 0 aliphatic carbocycles. The highest BCUT2D eigenvalue weighted by Crippen LogP contribution is 2.61. The molecule has 0 bridgehead atoms. The predicted molar refractivity (Wildman–Crippen MR) is 92.6 cm³/mol. The lowest BCUT2D eigenvalue weighted by Crippen LogP contribution is -2.70. The number of carbonyl (C=O) groups is 2. The van der Waals surface area contributed by atoms with Crippen LogP contribution in [0.25, 0.3) is 0 Å². The van der Waals surface area contributed by atoms with Gasteiger partial charge in [0.1, 0.15) is 0 Å². The van der Waals surface area contributed by atoms with Gasteiger partial charge in [-0.2, -0.15) is 114 Å². The maximum Gasteiger partial charge on any atom is 0.460 e. The Labute approximate surface area is 243 Å². The highest BCUT2D eigenvalue weighted by molar-refractivity contribution is 5.91. The van der Waals surface area contributed by atoms with Crippen molar-refractivity contribution in [2.24, 2.45) is 0 Å². The van der Waals surface area contributed by atoms with E-state index in [9.17, 15) is 124 Å². The van der Waals surface area contributed by atoms with Crippen LogP contribution in [0.15, 0.2) is 12.2 Å². The number of ether oxygens (including phenoxy) is 2. The fourth-order valence-corrected chi connectivity index (χ4v) is 2.34. The quantitative estimate of drug-likeness (QED) is 0.102. The molecular formula is C18H6F26O4. The molecule has 0 aliphatic rings. The Morgan fingerprint density at radius 1 is 0.333 bits per heavy atom. The number of esters is 2. The summed E-state index contributed by atoms with van der Waals surface area (Å²) in [6.45, 7) is -7.39. The van der Waals surface area contributed by atoms with Crippen LogP contribution < -0.4 is 0 Å². The standard InChI is InChI=1S/C18H6F26O4/c19-7(20,9(23,24)11(27,28)13(31,32)15(35,36)17(39,40)41)3-47-5(45)1-2-6(46)48-4-8(21,22)10(25,26)12(29,30)14(33,34)16(37,38)18(42,43)44/h1-2H,3-4H2/b2-1+. The van der Waals surface area contributed by atoms with Crippen molar-refractivity contribution in [3.8, 4) is 0 Å². The van der Waals surface area contributed by atoms with E-state index >= 15 is 0 Å². The van der Waals surface area contributed by atoms with Gasteiger partial charge in [-0.3, -0.25) is 0 Å². The summed E-state index contributed by atoms with van der Waals surface area (Å²) < 4.78 is 342. The molecule has 0 heterocycles. The summed E-state index contributed by atoms with van der Waals surface area (Å²) in [5.74, 6) is -85.4. The van der Waals surface area contributed by atoms with Gasteiger partial charge in [-0.05, 0) is 0 Å². The first-order valence-corrected chi connectivity index (χ1v) is 10.4. The van der Waals surface area contributed by atoms with E-state index in [0.29, 0.717) is 0 Å². The van der Waals surface area contributed by atoms with Gasteiger partial charge < -0.3 is 9.47 Å². The summed E-state index contributed by atoms with van der Waals surface area (Å²) >= 11 is 0. The summed E-state index contributed by atoms with van der Waals surface area (Å²) in [7, 11) is 0. The van der Waals surface area contributed by atoms with Crippen molar-refractivity contribution in [3.05, 3.63) is 12.2 Å². The molecular weight excluding hydrogens is 774 g/mol. The average molecular weight is 780 g/mol. The monoisotopic (exact) mass is 780 g/mol. The third-order valence-corrected chi connectivity index (χ3v) is 5.14. The largest absolute Gasteiger partial charge is 0.460 e. The first kappa shape index (κ1) is 44.9. The van der Waals surface area contributed by atoms with E-state index in [-0.39, 0.29) is 0 Å². The highest BCUT2D eigenvalue weighted by Gasteiger charge is 2.92. The number of alkyl halides is 26. The molecule has 0 aromatic rings. The number of hydrogen-bond donors (Lipinski definition) is 0. The van der Waals surface area contributed by atoms with Crippen LogP contribution in [0.4, 0.5) is 114 Å². The summed E-state index contributed by atoms with van der Waals surface area (Å²) in [6, 6.07) is 0. The van der Waals surface area contributed by atoms with Gasteiger partial charge in [0.2, 0.25) is 0 Å². The van der Waals surface area contributed by atoms with Crippen molar-refractivity contribution in [3.63, 3.8) is 0 Å². The van der Waals surface area contributed by atoms with Gasteiger partial charge in [0.25, 0.3) is 0 Å². The van der Waals surface area contributed by atoms with E-state index < -0.39 is 109 Å². The Morgan fingerprint density at radius 3 is 0.708 bits per heavy atom. The molecule has 0 N–H and O–H groups in total. The van der Waals surface area contributed by atoms with Crippen molar-refractivity contribution in [1.29, 1.82) is 0 Å². The third-order valence-electron chi connectivity index (χ3n) is 5.14. The average Bonchev–Trinajstić information content (AvgIpc) is 2.87. The zero-order chi connectivity index (χ0) is 39.4. The van der Waals surface area contributed by atoms with Crippen molar-refractivity contribution in [2.45, 2.75) is 71.6 Å². The van der Waals surface area contributed by atoms with Crippen LogP contribution in [0.5, 0.6) is 0 Å². The molecule has 0 fully saturated rings. The Kier molecular flexibility index (Phi) is 11.5. The van der Waals surface area contributed by atoms with Crippen molar-refractivity contribution in [1.82, 2.24) is 0 Å². The summed E-state index contributed by atoms with van der Waals surface area (Å²) in [5.41, 5.74) is 0. The lowest BCUT2D eigenvalue weighted by atomic mass is 9.94. The molecule has 0 saturated heterocycles. The van der Waals surface area contributed by atoms with E-state index in [1.165, 1.54) is 0 Å². The van der Waals surface area contributed by atoms with Gasteiger partial charge in [0, 0.05) is 12.2 Å². The van der Waals surface area contributed by atoms with Gasteiger partial charge in [-0.1, -0.05) is 0 Å². The Hall–Kier alpha value is -3.14. The van der Waals surface area contributed by atoms with Crippen LogP contribution in [-0.4, -0.2) is 96.7 Å². The second-order valence-electron chi connectivity index (χ2n) is 8.55. The number of rotatable bonds is 14. The summed E-state index contributed by atoms with van der Waals surface area (Å²) in [6.07, 6.45) is -17.3. The van der Waals surface area contributed by atoms with Gasteiger partial charge in [-0.25, -0.2) is 9.59 Å². The molecule has 4 nitrogen and oxygen atoms in total. The van der Waals surface area contributed by atoms with Crippen LogP contribution in [0.3, 0.4) is 0 Å². The molecule has 0 spiro atoms. The van der Waals surface area contributed by atoms with E-state index in [1.807, 2.05) is 0 Å². The molecule has 0 radical (unpaired) electrons. The molecule has 30 heteroatoms. The molecule has 0 atom stereocenters. The van der Waals surface area contributed by atoms with Crippen LogP contribution in [0, 0.1) is 0 Å². The van der Waals surface area contributed by atoms with Crippen molar-refractivity contribution in [2.75, 3.05) is 13.2 Å². The maximum absolute atomic E-state index is 13.5. The van der Waals surface area contributed by atoms with E-state index in [4.69, 9.17) is 0 Å². The van der Waals surface area contributed by atoms with Crippen LogP contribution >= 0.6 is 0 Å². The first-order chi connectivity index (χ1) is 20.5. The van der Waals surface area contributed by atoms with Crippen molar-refractivity contribution < 1.29 is 133 Å². The smallest absolute Gasteiger partial charge is 0.456 e. The molecule has 0 unspecified atom stereocenters. The molecule has 0 aromatic carbocycles. The third kappa shape index (κ3) is 6.96. The SMILES string of the molecule is O=C(/C=C/C(=O)OCC(F)(F)C(F)(F)C(F)(F)C(F)(F)C(F)(F)C(F)(F)F)OCC(F)(F)C(F)(F)C(F)(F)C(F)(F)C(F)(F)C(F)(F)F. The molecule has 0 aliphatic heterocycles. The molecule has 0 rings (SSSR count). The van der Waals surface area contributed by atoms with Crippen LogP contribution in [-0.2, 0) is 19.1 Å². The van der Waals surface area contributed by atoms with Crippen LogP contribution in [0.2, 0.25) is 0 Å². The minimum Gasteiger partial charge on any atom is -0.456 e. The lowest BCUT2D eigenvalue weighted by molar-refractivity contribution is -0.441. The summed E-state index contributed by atoms with van der Waals surface area (Å²) in [5, 5.41) is 0. The van der Waals surface area contributed by atoms with E-state index in [2.05, 4.69) is 9.47 Å². The zero-order valence-electron chi connectivity index (χ0n) is 21.0. The normalized spacial score (nSPS) is 16.0. The highest BCUT2D eigenvalue weighted by atomic mass is 19.4. The minimum atomic E-state index is -8.36. The fourth-order valence-electron chi connectivity index (χ4n) is 2.34. The van der Waals surface area contributed by atoms with Gasteiger partial charge in [-0.15, -0.1) is 0 Å². The van der Waals surface area contributed by atoms with Gasteiger partial charge in [0.15, 0.2) is 13.2 Å². The predicted octanol–water partition coefficient (Wildman–Crippen LogP) is 8.11. The number of carbonyl (C=O) groups excluding carboxylic acids is 2. The Bertz CT molecular complexity index is 1120. The van der Waals surface area contributed by atoms with Crippen molar-refractivity contribution >= 4 is 11.9 Å². The molecule has 0 saturated carbocycles. The Morgan fingerprint density at radius 2 is 0.521 bits per heavy atom. The lowest BCUT2D eigenvalue weighted by Gasteiger charge is -2.39. The molecule has 284 valence electrons. The first-order valence-electron chi connectivity index (χ1n) is 10.4. The molecule has 0 amide bonds. The van der Waals surface area contributed by atoms with Gasteiger partial charge >= 0.3 is 83.5 Å². The minimum absolute atomic E-state index is 0.899. The fraction of sp³-hybridized carbons (Fsp3) is 0.778. The van der Waals surface area contributed by atoms with Gasteiger partial charge in [0.05, 0.1) is 0 Å². The molecule has 48 heavy (non-hydrogen) atoms. The zero-order valence-corrected chi connectivity index (χ0v) is 21.0. The molecule has 0 aromatic heterocycles. The van der Waals surface area contributed by atoms with E-state index in [1.54, 1.807) is 0 Å². The second-order valence-corrected chi connectivity index (χ2v) is 8.55. The number of hydrogen-bond acceptors (Lipinski definition) is 4.